The summed E-state index contributed by atoms with van der Waals surface area (Å²) in [6.07, 6.45) is 0.141. The van der Waals surface area contributed by atoms with Crippen molar-refractivity contribution in [3.05, 3.63) is 0 Å². The molecule has 0 atom stereocenters. The van der Waals surface area contributed by atoms with E-state index in [1.165, 1.54) is 4.90 Å². The molecule has 2 saturated heterocycles. The maximum Gasteiger partial charge on any atom is 1.00 e. The Morgan fingerprint density at radius 2 is 1.92 bits per heavy atom. The minimum atomic E-state index is -4.66. The normalized spacial score (nSPS) is 26.1. The Labute approximate surface area is 118 Å². The van der Waals surface area contributed by atoms with Crippen molar-refractivity contribution < 1.29 is 69.1 Å². The molecule has 0 aromatic carbocycles. The van der Waals surface area contributed by atoms with Gasteiger partial charge in [0.05, 0.1) is 18.8 Å². The van der Waals surface area contributed by atoms with Crippen LogP contribution in [0.3, 0.4) is 0 Å². The molecule has 0 radical (unpaired) electrons. The number of likely N-dealkylation sites (tertiary alicyclic amines) is 1. The van der Waals surface area contributed by atoms with E-state index in [0.29, 0.717) is 19.8 Å². The van der Waals surface area contributed by atoms with Crippen LogP contribution in [-0.2, 0) is 4.74 Å². The van der Waals surface area contributed by atoms with Crippen molar-refractivity contribution in [2.75, 3.05) is 26.2 Å². The minimum absolute atomic E-state index is 0. The van der Waals surface area contributed by atoms with E-state index in [2.05, 4.69) is 0 Å². The molecule has 70 valence electrons. The smallest absolute Gasteiger partial charge is 0.448 e. The second-order valence-corrected chi connectivity index (χ2v) is 3.62. The molecule has 2 fully saturated rings. The SMILES string of the molecule is F[B-](F)(F)CN1CCC12COC2.[K+]. The Bertz CT molecular complexity index is 191. The first-order chi connectivity index (χ1) is 5.52. The van der Waals surface area contributed by atoms with Crippen LogP contribution in [0.5, 0.6) is 0 Å². The fourth-order valence-electron chi connectivity index (χ4n) is 1.79. The van der Waals surface area contributed by atoms with Crippen molar-refractivity contribution in [2.45, 2.75) is 12.0 Å². The zero-order valence-electron chi connectivity index (χ0n) is 7.60. The van der Waals surface area contributed by atoms with Crippen molar-refractivity contribution in [3.63, 3.8) is 0 Å². The molecule has 2 aliphatic rings. The van der Waals surface area contributed by atoms with Gasteiger partial charge in [-0.05, 0) is 19.4 Å². The molecule has 2 nitrogen and oxygen atoms in total. The monoisotopic (exact) mass is 219 g/mol. The summed E-state index contributed by atoms with van der Waals surface area (Å²) in [6.45, 7) is -3.12. The van der Waals surface area contributed by atoms with Crippen LogP contribution >= 0.6 is 0 Å². The summed E-state index contributed by atoms with van der Waals surface area (Å²) in [5.41, 5.74) is -0.225. The van der Waals surface area contributed by atoms with Gasteiger partial charge in [-0.15, -0.1) is 0 Å². The van der Waals surface area contributed by atoms with Crippen molar-refractivity contribution in [3.8, 4) is 0 Å². The zero-order chi connectivity index (χ0) is 8.82. The molecule has 0 bridgehead atoms. The van der Waals surface area contributed by atoms with E-state index in [1.807, 2.05) is 0 Å². The predicted octanol–water partition coefficient (Wildman–Crippen LogP) is -2.15. The molecule has 0 amide bonds. The number of nitrogens with zero attached hydrogens (tertiary/aromatic N) is 1. The van der Waals surface area contributed by atoms with Crippen LogP contribution in [0.4, 0.5) is 12.9 Å². The minimum Gasteiger partial charge on any atom is -0.448 e. The number of rotatable bonds is 2. The summed E-state index contributed by atoms with van der Waals surface area (Å²) in [7, 11) is 0. The van der Waals surface area contributed by atoms with E-state index in [1.54, 1.807) is 0 Å². The first-order valence-corrected chi connectivity index (χ1v) is 4.06. The fourth-order valence-corrected chi connectivity index (χ4v) is 1.79. The molecule has 0 unspecified atom stereocenters. The summed E-state index contributed by atoms with van der Waals surface area (Å²) in [4.78, 5) is 1.50. The average Bonchev–Trinajstić information content (AvgIpc) is 1.75. The molecule has 0 N–H and O–H groups in total. The Balaban J connectivity index is 0.000000845. The summed E-state index contributed by atoms with van der Waals surface area (Å²) in [5.74, 6) is 0. The number of halogens is 3. The largest absolute Gasteiger partial charge is 1.00 e. The van der Waals surface area contributed by atoms with Gasteiger partial charge < -0.3 is 22.6 Å². The molecule has 2 rings (SSSR count). The van der Waals surface area contributed by atoms with Crippen LogP contribution in [0.25, 0.3) is 0 Å². The number of hydrogen-bond acceptors (Lipinski definition) is 2. The second-order valence-electron chi connectivity index (χ2n) is 3.62. The maximum absolute atomic E-state index is 12.0. The van der Waals surface area contributed by atoms with Crippen LogP contribution in [0.15, 0.2) is 0 Å². The van der Waals surface area contributed by atoms with Crippen molar-refractivity contribution >= 4 is 6.98 Å². The molecule has 2 aliphatic heterocycles. The van der Waals surface area contributed by atoms with Gasteiger partial charge in [0, 0.05) is 0 Å². The molecule has 13 heavy (non-hydrogen) atoms. The Hall–Kier alpha value is 1.41. The van der Waals surface area contributed by atoms with Crippen LogP contribution in [0.2, 0.25) is 0 Å². The van der Waals surface area contributed by atoms with Gasteiger partial charge in [-0.2, -0.15) is 0 Å². The maximum atomic E-state index is 12.0. The zero-order valence-corrected chi connectivity index (χ0v) is 10.7. The Morgan fingerprint density at radius 1 is 1.31 bits per heavy atom. The van der Waals surface area contributed by atoms with Gasteiger partial charge in [-0.25, -0.2) is 0 Å². The van der Waals surface area contributed by atoms with Gasteiger partial charge in [0.2, 0.25) is 0 Å². The van der Waals surface area contributed by atoms with Gasteiger partial charge in [-0.3, -0.25) is 0 Å². The first-order valence-electron chi connectivity index (χ1n) is 4.06. The molecule has 7 heteroatoms. The predicted molar refractivity (Wildman–Crippen MR) is 38.8 cm³/mol. The quantitative estimate of drug-likeness (QED) is 0.491. The second kappa shape index (κ2) is 4.11. The molecule has 2 heterocycles. The van der Waals surface area contributed by atoms with Crippen LogP contribution < -0.4 is 51.4 Å². The molecule has 0 aromatic heterocycles. The Morgan fingerprint density at radius 3 is 2.15 bits per heavy atom. The van der Waals surface area contributed by atoms with Crippen LogP contribution in [0.1, 0.15) is 6.42 Å². The molecular formula is C6H10BF3KNO. The fraction of sp³-hybridized carbons (Fsp3) is 1.00. The molecule has 0 saturated carbocycles. The third-order valence-corrected chi connectivity index (χ3v) is 2.69. The van der Waals surface area contributed by atoms with E-state index in [-0.39, 0.29) is 56.9 Å². The summed E-state index contributed by atoms with van der Waals surface area (Å²) < 4.78 is 41.0. The van der Waals surface area contributed by atoms with Crippen molar-refractivity contribution in [1.29, 1.82) is 0 Å². The van der Waals surface area contributed by atoms with Crippen molar-refractivity contribution in [2.24, 2.45) is 0 Å². The van der Waals surface area contributed by atoms with Gasteiger partial charge in [0.1, 0.15) is 0 Å². The van der Waals surface area contributed by atoms with E-state index in [9.17, 15) is 12.9 Å². The standard InChI is InChI=1S/C6H10BF3NO.K/c8-7(9,10)5-11-2-1-6(11)3-12-4-6;/h1-5H2;/q-1;+1. The van der Waals surface area contributed by atoms with Crippen LogP contribution in [-0.4, -0.2) is 43.6 Å². The van der Waals surface area contributed by atoms with E-state index < -0.39 is 13.4 Å². The Kier molecular flexibility index (Phi) is 3.95. The number of ether oxygens (including phenoxy) is 1. The van der Waals surface area contributed by atoms with E-state index in [4.69, 9.17) is 4.74 Å². The third-order valence-electron chi connectivity index (χ3n) is 2.69. The summed E-state index contributed by atoms with van der Waals surface area (Å²) in [5, 5.41) is 0. The third kappa shape index (κ3) is 2.50. The van der Waals surface area contributed by atoms with Gasteiger partial charge in [0.15, 0.2) is 0 Å². The van der Waals surface area contributed by atoms with Crippen LogP contribution in [0, 0.1) is 0 Å². The first kappa shape index (κ1) is 12.5. The average molecular weight is 219 g/mol. The summed E-state index contributed by atoms with van der Waals surface area (Å²) >= 11 is 0. The molecule has 0 aliphatic carbocycles. The molecule has 0 aromatic rings. The molecular weight excluding hydrogens is 209 g/mol. The number of hydrogen-bond donors (Lipinski definition) is 0. The van der Waals surface area contributed by atoms with Gasteiger partial charge in [-0.1, -0.05) is 0 Å². The van der Waals surface area contributed by atoms with Gasteiger partial charge >= 0.3 is 58.4 Å². The van der Waals surface area contributed by atoms with E-state index >= 15 is 0 Å². The van der Waals surface area contributed by atoms with Crippen molar-refractivity contribution in [1.82, 2.24) is 4.90 Å². The van der Waals surface area contributed by atoms with Gasteiger partial charge in [0.25, 0.3) is 0 Å². The molecule has 1 spiro atoms. The summed E-state index contributed by atoms with van der Waals surface area (Å²) in [6, 6.07) is 0. The van der Waals surface area contributed by atoms with E-state index in [0.717, 1.165) is 6.42 Å². The topological polar surface area (TPSA) is 12.5 Å².